The highest BCUT2D eigenvalue weighted by molar-refractivity contribution is 5.69. The number of methoxy groups -OCH3 is 1. The number of rotatable bonds is 5. The molecule has 1 atom stereocenters. The minimum Gasteiger partial charge on any atom is -0.497 e. The summed E-state index contributed by atoms with van der Waals surface area (Å²) < 4.78 is 5.22. The van der Waals surface area contributed by atoms with E-state index in [-0.39, 0.29) is 11.5 Å². The Morgan fingerprint density at radius 2 is 1.80 bits per heavy atom. The van der Waals surface area contributed by atoms with Crippen LogP contribution in [0.4, 0.5) is 4.79 Å². The minimum atomic E-state index is -0.955. The van der Waals surface area contributed by atoms with Crippen molar-refractivity contribution in [3.63, 3.8) is 0 Å². The first-order valence-electron chi connectivity index (χ1n) is 8.79. The first kappa shape index (κ1) is 17.3. The molecule has 2 N–H and O–H groups in total. The van der Waals surface area contributed by atoms with Crippen molar-refractivity contribution in [2.24, 2.45) is 5.41 Å². The van der Waals surface area contributed by atoms with E-state index >= 15 is 0 Å². The summed E-state index contributed by atoms with van der Waals surface area (Å²) in [5, 5.41) is 12.0. The summed E-state index contributed by atoms with van der Waals surface area (Å²) in [5.41, 5.74) is 4.61. The lowest BCUT2D eigenvalue weighted by atomic mass is 9.76. The van der Waals surface area contributed by atoms with Crippen LogP contribution in [0.3, 0.4) is 0 Å². The molecule has 2 aromatic carbocycles. The van der Waals surface area contributed by atoms with E-state index in [0.717, 1.165) is 41.7 Å². The molecule has 0 saturated carbocycles. The van der Waals surface area contributed by atoms with Crippen molar-refractivity contribution in [2.45, 2.75) is 39.2 Å². The number of amides is 1. The fourth-order valence-corrected chi connectivity index (χ4v) is 4.08. The molecule has 4 nitrogen and oxygen atoms in total. The highest BCUT2D eigenvalue weighted by atomic mass is 16.5. The molecule has 1 aliphatic carbocycles. The second-order valence-corrected chi connectivity index (χ2v) is 6.77. The van der Waals surface area contributed by atoms with E-state index in [1.54, 1.807) is 7.11 Å². The summed E-state index contributed by atoms with van der Waals surface area (Å²) in [6, 6.07) is 14.3. The summed E-state index contributed by atoms with van der Waals surface area (Å²) in [4.78, 5) is 11.3. The maximum absolute atomic E-state index is 11.3. The normalized spacial score (nSPS) is 17.8. The topological polar surface area (TPSA) is 58.6 Å². The molecule has 3 rings (SSSR count). The van der Waals surface area contributed by atoms with Crippen molar-refractivity contribution in [1.82, 2.24) is 5.32 Å². The smallest absolute Gasteiger partial charge is 0.405 e. The Labute approximate surface area is 148 Å². The maximum Gasteiger partial charge on any atom is 0.405 e. The highest BCUT2D eigenvalue weighted by Crippen LogP contribution is 2.50. The molecule has 0 fully saturated rings. The quantitative estimate of drug-likeness (QED) is 0.803. The first-order chi connectivity index (χ1) is 12.0. The number of hydrogen-bond acceptors (Lipinski definition) is 2. The van der Waals surface area contributed by atoms with Gasteiger partial charge in [-0.3, -0.25) is 0 Å². The summed E-state index contributed by atoms with van der Waals surface area (Å²) in [6.07, 6.45) is 1.84. The van der Waals surface area contributed by atoms with E-state index in [2.05, 4.69) is 49.5 Å². The third kappa shape index (κ3) is 3.09. The third-order valence-corrected chi connectivity index (χ3v) is 5.71. The van der Waals surface area contributed by atoms with E-state index in [1.807, 2.05) is 12.1 Å². The van der Waals surface area contributed by atoms with Crippen LogP contribution in [0.2, 0.25) is 0 Å². The van der Waals surface area contributed by atoms with Crippen LogP contribution in [0.5, 0.6) is 5.75 Å². The zero-order chi connectivity index (χ0) is 18.0. The molecule has 132 valence electrons. The Morgan fingerprint density at radius 1 is 1.16 bits per heavy atom. The molecule has 25 heavy (non-hydrogen) atoms. The Balaban J connectivity index is 1.99. The number of nitrogens with one attached hydrogen (secondary N) is 1. The lowest BCUT2D eigenvalue weighted by Crippen LogP contribution is -2.37. The van der Waals surface area contributed by atoms with Crippen LogP contribution in [-0.2, 0) is 6.42 Å². The van der Waals surface area contributed by atoms with Crippen molar-refractivity contribution in [2.75, 3.05) is 7.11 Å². The molecule has 0 bridgehead atoms. The molecule has 0 heterocycles. The van der Waals surface area contributed by atoms with Gasteiger partial charge in [-0.1, -0.05) is 44.2 Å². The van der Waals surface area contributed by atoms with Gasteiger partial charge in [0.15, 0.2) is 0 Å². The van der Waals surface area contributed by atoms with Crippen LogP contribution in [0.15, 0.2) is 42.5 Å². The van der Waals surface area contributed by atoms with Gasteiger partial charge in [-0.2, -0.15) is 0 Å². The molecule has 1 amide bonds. The lowest BCUT2D eigenvalue weighted by molar-refractivity contribution is 0.157. The van der Waals surface area contributed by atoms with E-state index < -0.39 is 6.09 Å². The average Bonchev–Trinajstić information content (AvgIpc) is 2.94. The van der Waals surface area contributed by atoms with Crippen LogP contribution >= 0.6 is 0 Å². The summed E-state index contributed by atoms with van der Waals surface area (Å²) in [7, 11) is 1.66. The number of fused-ring (bicyclic) bond motifs is 1. The van der Waals surface area contributed by atoms with Gasteiger partial charge >= 0.3 is 6.09 Å². The second kappa shape index (κ2) is 6.79. The molecule has 1 unspecified atom stereocenters. The number of carboxylic acid groups (broad SMARTS) is 1. The van der Waals surface area contributed by atoms with Crippen molar-refractivity contribution in [3.8, 4) is 16.9 Å². The number of ether oxygens (including phenoxy) is 1. The molecular formula is C21H25NO3. The average molecular weight is 339 g/mol. The maximum atomic E-state index is 11.3. The van der Waals surface area contributed by atoms with E-state index in [9.17, 15) is 9.90 Å². The molecule has 4 heteroatoms. The lowest BCUT2D eigenvalue weighted by Gasteiger charge is -2.33. The van der Waals surface area contributed by atoms with Crippen LogP contribution in [0.25, 0.3) is 11.1 Å². The zero-order valence-corrected chi connectivity index (χ0v) is 15.0. The van der Waals surface area contributed by atoms with Gasteiger partial charge < -0.3 is 15.2 Å². The van der Waals surface area contributed by atoms with Gasteiger partial charge in [0.25, 0.3) is 0 Å². The Hall–Kier alpha value is -2.49. The van der Waals surface area contributed by atoms with Gasteiger partial charge in [0.1, 0.15) is 5.75 Å². The van der Waals surface area contributed by atoms with Gasteiger partial charge in [0, 0.05) is 0 Å². The minimum absolute atomic E-state index is 0.0424. The molecular weight excluding hydrogens is 314 g/mol. The van der Waals surface area contributed by atoms with Crippen molar-refractivity contribution >= 4 is 6.09 Å². The van der Waals surface area contributed by atoms with Crippen molar-refractivity contribution in [1.29, 1.82) is 0 Å². The van der Waals surface area contributed by atoms with Crippen LogP contribution in [0.1, 0.15) is 43.9 Å². The van der Waals surface area contributed by atoms with Crippen LogP contribution in [-0.4, -0.2) is 18.3 Å². The van der Waals surface area contributed by atoms with Gasteiger partial charge in [-0.25, -0.2) is 4.79 Å². The summed E-state index contributed by atoms with van der Waals surface area (Å²) >= 11 is 0. The first-order valence-corrected chi connectivity index (χ1v) is 8.79. The third-order valence-electron chi connectivity index (χ3n) is 5.71. The van der Waals surface area contributed by atoms with Crippen molar-refractivity contribution < 1.29 is 14.6 Å². The van der Waals surface area contributed by atoms with E-state index in [1.165, 1.54) is 5.56 Å². The molecule has 0 spiro atoms. The molecule has 1 aliphatic rings. The number of hydrogen-bond donors (Lipinski definition) is 2. The van der Waals surface area contributed by atoms with Gasteiger partial charge in [0.05, 0.1) is 13.2 Å². The molecule has 0 aliphatic heterocycles. The molecule has 0 aromatic heterocycles. The Kier molecular flexibility index (Phi) is 4.71. The fraction of sp³-hybridized carbons (Fsp3) is 0.381. The molecule has 0 saturated heterocycles. The van der Waals surface area contributed by atoms with Crippen LogP contribution in [0, 0.1) is 5.41 Å². The molecule has 0 radical (unpaired) electrons. The van der Waals surface area contributed by atoms with Gasteiger partial charge in [-0.15, -0.1) is 0 Å². The SMILES string of the molecule is CCC1(CC)Cc2cc(-c3ccc(OC)cc3)ccc2C1NC(=O)O. The fourth-order valence-electron chi connectivity index (χ4n) is 4.08. The second-order valence-electron chi connectivity index (χ2n) is 6.77. The monoisotopic (exact) mass is 339 g/mol. The number of benzene rings is 2. The van der Waals surface area contributed by atoms with Crippen molar-refractivity contribution in [3.05, 3.63) is 53.6 Å². The summed E-state index contributed by atoms with van der Waals surface area (Å²) in [5.74, 6) is 0.839. The van der Waals surface area contributed by atoms with Gasteiger partial charge in [0.2, 0.25) is 0 Å². The van der Waals surface area contributed by atoms with E-state index in [0.29, 0.717) is 0 Å². The standard InChI is InChI=1S/C21H25NO3/c1-4-21(5-2)13-16-12-15(14-6-9-17(25-3)10-7-14)8-11-18(16)19(21)22-20(23)24/h6-12,19,22H,4-5,13H2,1-3H3,(H,23,24). The largest absolute Gasteiger partial charge is 0.497 e. The predicted octanol–water partition coefficient (Wildman–Crippen LogP) is 5.03. The zero-order valence-electron chi connectivity index (χ0n) is 15.0. The number of carbonyl (C=O) groups is 1. The summed E-state index contributed by atoms with van der Waals surface area (Å²) in [6.45, 7) is 4.30. The highest BCUT2D eigenvalue weighted by Gasteiger charge is 2.44. The Bertz CT molecular complexity index is 763. The molecule has 2 aromatic rings. The van der Waals surface area contributed by atoms with E-state index in [4.69, 9.17) is 4.74 Å². The predicted molar refractivity (Wildman–Crippen MR) is 99.1 cm³/mol. The Morgan fingerprint density at radius 3 is 2.36 bits per heavy atom. The van der Waals surface area contributed by atoms with Crippen LogP contribution < -0.4 is 10.1 Å². The van der Waals surface area contributed by atoms with Gasteiger partial charge in [-0.05, 0) is 59.1 Å².